The van der Waals surface area contributed by atoms with Crippen LogP contribution in [0.1, 0.15) is 61.8 Å². The van der Waals surface area contributed by atoms with Crippen molar-refractivity contribution in [1.29, 1.82) is 0 Å². The molecule has 9 heteroatoms. The molecule has 2 aliphatic carbocycles. The Bertz CT molecular complexity index is 1350. The molecule has 3 atom stereocenters. The molecule has 3 aromatic rings. The first-order valence-electron chi connectivity index (χ1n) is 13.7. The maximum absolute atomic E-state index is 15.1. The van der Waals surface area contributed by atoms with Crippen molar-refractivity contribution in [2.45, 2.75) is 70.1 Å². The summed E-state index contributed by atoms with van der Waals surface area (Å²) in [4.78, 5) is 13.8. The van der Waals surface area contributed by atoms with Gasteiger partial charge in [0.2, 0.25) is 0 Å². The zero-order valence-corrected chi connectivity index (χ0v) is 22.6. The van der Waals surface area contributed by atoms with Gasteiger partial charge in [-0.25, -0.2) is 8.78 Å². The Kier molecular flexibility index (Phi) is 7.33. The molecule has 0 radical (unpaired) electrons. The molecule has 2 aromatic carbocycles. The summed E-state index contributed by atoms with van der Waals surface area (Å²) in [7, 11) is 0. The molecule has 1 saturated heterocycles. The van der Waals surface area contributed by atoms with Crippen LogP contribution in [0.5, 0.6) is 0 Å². The molecule has 2 saturated carbocycles. The monoisotopic (exact) mass is 556 g/mol. The number of carbonyl (C=O) groups excluding carboxylic acids is 1. The number of esters is 1. The van der Waals surface area contributed by atoms with Gasteiger partial charge in [-0.2, -0.15) is 0 Å². The van der Waals surface area contributed by atoms with Crippen molar-refractivity contribution >= 4 is 23.3 Å². The maximum Gasteiger partial charge on any atom is 0.306 e. The van der Waals surface area contributed by atoms with Gasteiger partial charge in [-0.1, -0.05) is 28.9 Å². The number of anilines is 1. The summed E-state index contributed by atoms with van der Waals surface area (Å²) >= 11 is 6.34. The minimum Gasteiger partial charge on any atom is -0.466 e. The molecule has 6 nitrogen and oxygen atoms in total. The molecule has 2 bridgehead atoms. The highest BCUT2D eigenvalue weighted by Gasteiger charge is 2.46. The zero-order chi connectivity index (χ0) is 27.1. The van der Waals surface area contributed by atoms with Gasteiger partial charge in [0, 0.05) is 36.4 Å². The lowest BCUT2D eigenvalue weighted by atomic mass is 10.0. The molecule has 0 N–H and O–H groups in total. The lowest BCUT2D eigenvalue weighted by Gasteiger charge is -2.33. The quantitative estimate of drug-likeness (QED) is 0.255. The Morgan fingerprint density at radius 2 is 2.03 bits per heavy atom. The van der Waals surface area contributed by atoms with Crippen molar-refractivity contribution in [1.82, 2.24) is 5.16 Å². The van der Waals surface area contributed by atoms with E-state index in [-0.39, 0.29) is 59.4 Å². The molecule has 1 aromatic heterocycles. The molecule has 2 heterocycles. The minimum absolute atomic E-state index is 0.0176. The number of rotatable bonds is 10. The number of nitrogens with zero attached hydrogens (tertiary/aromatic N) is 2. The fraction of sp³-hybridized carbons (Fsp3) is 0.467. The molecule has 6 rings (SSSR count). The van der Waals surface area contributed by atoms with Crippen LogP contribution in [-0.4, -0.2) is 36.4 Å². The Hall–Kier alpha value is -2.97. The van der Waals surface area contributed by atoms with Gasteiger partial charge in [-0.3, -0.25) is 4.79 Å². The Morgan fingerprint density at radius 3 is 2.72 bits per heavy atom. The predicted octanol–water partition coefficient (Wildman–Crippen LogP) is 6.83. The van der Waals surface area contributed by atoms with E-state index in [1.807, 2.05) is 12.1 Å². The number of hydrogen-bond acceptors (Lipinski definition) is 6. The lowest BCUT2D eigenvalue weighted by Crippen LogP contribution is -2.39. The summed E-state index contributed by atoms with van der Waals surface area (Å²) in [6.07, 6.45) is 4.45. The van der Waals surface area contributed by atoms with Gasteiger partial charge in [0.25, 0.3) is 0 Å². The SMILES string of the molecule is CCOC(=O)CCc1ccc(N2C[C@@H]3C[C@H]2C[C@H]3OCc2c(-c3c(F)cccc3Cl)noc2C2CC2)c(F)c1. The number of hydrogen-bond donors (Lipinski definition) is 0. The van der Waals surface area contributed by atoms with Crippen LogP contribution < -0.4 is 4.90 Å². The second-order valence-electron chi connectivity index (χ2n) is 10.7. The van der Waals surface area contributed by atoms with Crippen molar-refractivity contribution < 1.29 is 27.6 Å². The molecular formula is C30H31ClF2N2O4. The zero-order valence-electron chi connectivity index (χ0n) is 21.8. The molecule has 0 amide bonds. The summed E-state index contributed by atoms with van der Waals surface area (Å²) in [5.41, 5.74) is 2.80. The van der Waals surface area contributed by atoms with Crippen LogP contribution in [0, 0.1) is 17.6 Å². The second kappa shape index (κ2) is 10.9. The first kappa shape index (κ1) is 26.3. The van der Waals surface area contributed by atoms with E-state index < -0.39 is 5.82 Å². The number of halogens is 3. The predicted molar refractivity (Wildman–Crippen MR) is 143 cm³/mol. The van der Waals surface area contributed by atoms with Gasteiger partial charge in [0.05, 0.1) is 35.6 Å². The molecular weight excluding hydrogens is 526 g/mol. The molecule has 0 unspecified atom stereocenters. The van der Waals surface area contributed by atoms with Crippen LogP contribution in [0.3, 0.4) is 0 Å². The van der Waals surface area contributed by atoms with E-state index in [2.05, 4.69) is 10.1 Å². The fourth-order valence-corrected chi connectivity index (χ4v) is 6.32. The highest BCUT2D eigenvalue weighted by Crippen LogP contribution is 2.47. The summed E-state index contributed by atoms with van der Waals surface area (Å²) < 4.78 is 46.8. The average molecular weight is 557 g/mol. The fourth-order valence-electron chi connectivity index (χ4n) is 6.06. The number of benzene rings is 2. The maximum atomic E-state index is 15.1. The normalized spacial score (nSPS) is 22.1. The van der Waals surface area contributed by atoms with Crippen LogP contribution >= 0.6 is 11.6 Å². The molecule has 3 fully saturated rings. The van der Waals surface area contributed by atoms with Crippen molar-refractivity contribution in [2.75, 3.05) is 18.1 Å². The van der Waals surface area contributed by atoms with Crippen LogP contribution in [0.15, 0.2) is 40.9 Å². The van der Waals surface area contributed by atoms with Crippen molar-refractivity contribution in [3.05, 3.63) is 69.9 Å². The number of ether oxygens (including phenoxy) is 2. The highest BCUT2D eigenvalue weighted by atomic mass is 35.5. The molecule has 3 aliphatic rings. The van der Waals surface area contributed by atoms with E-state index in [0.29, 0.717) is 31.0 Å². The number of aromatic nitrogens is 1. The lowest BCUT2D eigenvalue weighted by molar-refractivity contribution is -0.143. The second-order valence-corrected chi connectivity index (χ2v) is 11.1. The number of piperidine rings is 1. The van der Waals surface area contributed by atoms with E-state index in [0.717, 1.165) is 42.6 Å². The van der Waals surface area contributed by atoms with Crippen molar-refractivity contribution in [3.8, 4) is 11.3 Å². The third-order valence-electron chi connectivity index (χ3n) is 8.13. The Labute approximate surface area is 231 Å². The van der Waals surface area contributed by atoms with Crippen molar-refractivity contribution in [2.24, 2.45) is 5.92 Å². The number of fused-ring (bicyclic) bond motifs is 2. The van der Waals surface area contributed by atoms with Gasteiger partial charge >= 0.3 is 5.97 Å². The van der Waals surface area contributed by atoms with E-state index in [1.54, 1.807) is 19.1 Å². The van der Waals surface area contributed by atoms with Gasteiger partial charge in [-0.15, -0.1) is 0 Å². The van der Waals surface area contributed by atoms with E-state index >= 15 is 4.39 Å². The van der Waals surface area contributed by atoms with Crippen LogP contribution in [0.25, 0.3) is 11.3 Å². The van der Waals surface area contributed by atoms with Crippen LogP contribution in [-0.2, 0) is 27.3 Å². The average Bonchev–Trinajstić information content (AvgIpc) is 3.37. The van der Waals surface area contributed by atoms with Crippen LogP contribution in [0.2, 0.25) is 5.02 Å². The van der Waals surface area contributed by atoms with Gasteiger partial charge in [0.1, 0.15) is 23.1 Å². The Morgan fingerprint density at radius 1 is 1.18 bits per heavy atom. The van der Waals surface area contributed by atoms with Crippen LogP contribution in [0.4, 0.5) is 14.5 Å². The smallest absolute Gasteiger partial charge is 0.306 e. The molecule has 0 spiro atoms. The molecule has 39 heavy (non-hydrogen) atoms. The number of aryl methyl sites for hydroxylation is 1. The minimum atomic E-state index is -0.441. The van der Waals surface area contributed by atoms with E-state index in [9.17, 15) is 9.18 Å². The third-order valence-corrected chi connectivity index (χ3v) is 8.44. The van der Waals surface area contributed by atoms with Crippen molar-refractivity contribution in [3.63, 3.8) is 0 Å². The molecule has 206 valence electrons. The standard InChI is InChI=1S/C30H31ClF2N2O4/c1-2-37-27(36)11-7-17-6-10-25(24(33)12-17)35-15-19-13-20(35)14-26(19)38-16-21-29(34-39-30(21)18-8-9-18)28-22(31)4-3-5-23(28)32/h3-6,10,12,18-20,26H,2,7-9,11,13-16H2,1H3/t19-,20-,26+/m0/s1. The number of carbonyl (C=O) groups is 1. The summed E-state index contributed by atoms with van der Waals surface area (Å²) in [5, 5.41) is 4.50. The highest BCUT2D eigenvalue weighted by molar-refractivity contribution is 6.33. The summed E-state index contributed by atoms with van der Waals surface area (Å²) in [6.45, 7) is 3.09. The van der Waals surface area contributed by atoms with Gasteiger partial charge < -0.3 is 18.9 Å². The molecule has 1 aliphatic heterocycles. The first-order chi connectivity index (χ1) is 18.9. The van der Waals surface area contributed by atoms with E-state index in [1.165, 1.54) is 12.1 Å². The van der Waals surface area contributed by atoms with Gasteiger partial charge in [0.15, 0.2) is 0 Å². The summed E-state index contributed by atoms with van der Waals surface area (Å²) in [5.74, 6) is 0.329. The summed E-state index contributed by atoms with van der Waals surface area (Å²) in [6, 6.07) is 10.00. The third kappa shape index (κ3) is 5.29. The first-order valence-corrected chi connectivity index (χ1v) is 14.1. The Balaban J connectivity index is 1.11. The largest absolute Gasteiger partial charge is 0.466 e. The van der Waals surface area contributed by atoms with E-state index in [4.69, 9.17) is 25.6 Å². The topological polar surface area (TPSA) is 64.8 Å². The van der Waals surface area contributed by atoms with Gasteiger partial charge in [-0.05, 0) is 68.9 Å².